The first-order valence-corrected chi connectivity index (χ1v) is 7.80. The highest BCUT2D eigenvalue weighted by Crippen LogP contribution is 2.33. The number of hydrogen-bond acceptors (Lipinski definition) is 3. The number of aryl methyl sites for hydroxylation is 1. The fourth-order valence-electron chi connectivity index (χ4n) is 3.05. The van der Waals surface area contributed by atoms with E-state index in [0.717, 1.165) is 0 Å². The summed E-state index contributed by atoms with van der Waals surface area (Å²) in [5, 5.41) is 3.80. The lowest BCUT2D eigenvalue weighted by atomic mass is 10.1. The van der Waals surface area contributed by atoms with Gasteiger partial charge in [0.25, 0.3) is 0 Å². The third kappa shape index (κ3) is 2.88. The number of alkyl halides is 2. The van der Waals surface area contributed by atoms with E-state index in [2.05, 4.69) is 5.10 Å². The van der Waals surface area contributed by atoms with Gasteiger partial charge >= 0.3 is 6.55 Å². The Balaban J connectivity index is 1.93. The maximum atomic E-state index is 13.0. The maximum absolute atomic E-state index is 13.0. The van der Waals surface area contributed by atoms with Crippen LogP contribution in [0.2, 0.25) is 0 Å². The summed E-state index contributed by atoms with van der Waals surface area (Å²) < 4.78 is 26.5. The summed E-state index contributed by atoms with van der Waals surface area (Å²) in [7, 11) is 1.66. The van der Waals surface area contributed by atoms with Gasteiger partial charge < -0.3 is 9.80 Å². The molecule has 6 nitrogen and oxygen atoms in total. The van der Waals surface area contributed by atoms with Gasteiger partial charge in [0.15, 0.2) is 0 Å². The summed E-state index contributed by atoms with van der Waals surface area (Å²) in [6.07, 6.45) is -0.0876. The predicted molar refractivity (Wildman–Crippen MR) is 88.9 cm³/mol. The van der Waals surface area contributed by atoms with Crippen LogP contribution in [0.15, 0.2) is 24.3 Å². The van der Waals surface area contributed by atoms with Crippen LogP contribution in [0.25, 0.3) is 0 Å². The molecule has 2 heterocycles. The Morgan fingerprint density at radius 1 is 1.24 bits per heavy atom. The minimum Gasteiger partial charge on any atom is -0.312 e. The van der Waals surface area contributed by atoms with Crippen molar-refractivity contribution in [2.24, 2.45) is 0 Å². The van der Waals surface area contributed by atoms with Gasteiger partial charge in [-0.05, 0) is 26.0 Å². The zero-order valence-corrected chi connectivity index (χ0v) is 14.2. The minimum atomic E-state index is -2.76. The fourth-order valence-corrected chi connectivity index (χ4v) is 3.05. The largest absolute Gasteiger partial charge is 0.333 e. The number of hydrogen-bond donors (Lipinski definition) is 0. The summed E-state index contributed by atoms with van der Waals surface area (Å²) in [5.74, 6) is -0.530. The first-order valence-electron chi connectivity index (χ1n) is 7.80. The van der Waals surface area contributed by atoms with E-state index in [1.165, 1.54) is 16.7 Å². The molecule has 8 heteroatoms. The lowest BCUT2D eigenvalue weighted by Gasteiger charge is -2.34. The third-order valence-corrected chi connectivity index (χ3v) is 4.49. The number of likely N-dealkylation sites (N-methyl/N-ethyl adjacent to an activating group) is 1. The van der Waals surface area contributed by atoms with Crippen LogP contribution in [0, 0.1) is 13.8 Å². The Kier molecular flexibility index (Phi) is 4.28. The number of aromatic nitrogens is 2. The Morgan fingerprint density at radius 2 is 1.88 bits per heavy atom. The Morgan fingerprint density at radius 3 is 2.48 bits per heavy atom. The fraction of sp³-hybridized carbons (Fsp3) is 0.353. The van der Waals surface area contributed by atoms with Crippen LogP contribution in [-0.2, 0) is 16.0 Å². The molecule has 2 aromatic rings. The molecule has 3 rings (SSSR count). The van der Waals surface area contributed by atoms with Crippen LogP contribution >= 0.6 is 0 Å². The normalized spacial score (nSPS) is 14.2. The standard InChI is InChI=1S/C17H18F2N4O2/c1-10-12(11(2)23(20-10)17(18)19)8-15(24)22-9-16(25)21(3)13-6-4-5-7-14(13)22/h4-7,17H,8-9H2,1-3H3. The van der Waals surface area contributed by atoms with E-state index in [9.17, 15) is 18.4 Å². The molecule has 0 saturated heterocycles. The number of halogens is 2. The summed E-state index contributed by atoms with van der Waals surface area (Å²) >= 11 is 0. The molecule has 1 aliphatic rings. The van der Waals surface area contributed by atoms with Crippen molar-refractivity contribution in [3.05, 3.63) is 41.2 Å². The van der Waals surface area contributed by atoms with Crippen molar-refractivity contribution in [3.63, 3.8) is 0 Å². The maximum Gasteiger partial charge on any atom is 0.333 e. The van der Waals surface area contributed by atoms with Crippen molar-refractivity contribution in [1.82, 2.24) is 9.78 Å². The van der Waals surface area contributed by atoms with Gasteiger partial charge in [-0.3, -0.25) is 9.59 Å². The van der Waals surface area contributed by atoms with Crippen LogP contribution in [0.1, 0.15) is 23.5 Å². The van der Waals surface area contributed by atoms with Crippen LogP contribution in [-0.4, -0.2) is 35.2 Å². The number of fused-ring (bicyclic) bond motifs is 1. The Labute approximate surface area is 143 Å². The smallest absolute Gasteiger partial charge is 0.312 e. The van der Waals surface area contributed by atoms with Crippen molar-refractivity contribution in [1.29, 1.82) is 0 Å². The van der Waals surface area contributed by atoms with Gasteiger partial charge in [0.05, 0.1) is 23.5 Å². The molecule has 1 aromatic carbocycles. The molecule has 0 fully saturated rings. The molecule has 2 amide bonds. The summed E-state index contributed by atoms with van der Waals surface area (Å²) in [6, 6.07) is 7.10. The zero-order chi connectivity index (χ0) is 18.3. The molecule has 0 saturated carbocycles. The van der Waals surface area contributed by atoms with Gasteiger partial charge in [0.1, 0.15) is 6.54 Å². The first kappa shape index (κ1) is 17.1. The molecular formula is C17H18F2N4O2. The van der Waals surface area contributed by atoms with Crippen molar-refractivity contribution >= 4 is 23.2 Å². The topological polar surface area (TPSA) is 58.4 Å². The highest BCUT2D eigenvalue weighted by molar-refractivity contribution is 6.11. The monoisotopic (exact) mass is 348 g/mol. The van der Waals surface area contributed by atoms with Crippen molar-refractivity contribution in [2.45, 2.75) is 26.8 Å². The Bertz CT molecular complexity index is 847. The van der Waals surface area contributed by atoms with Gasteiger partial charge in [-0.15, -0.1) is 0 Å². The first-order chi connectivity index (χ1) is 11.8. The number of carbonyl (C=O) groups is 2. The molecule has 0 unspecified atom stereocenters. The van der Waals surface area contributed by atoms with Crippen molar-refractivity contribution in [2.75, 3.05) is 23.4 Å². The molecule has 0 aliphatic carbocycles. The van der Waals surface area contributed by atoms with Gasteiger partial charge in [-0.1, -0.05) is 12.1 Å². The van der Waals surface area contributed by atoms with Crippen LogP contribution in [0.4, 0.5) is 20.2 Å². The second kappa shape index (κ2) is 6.27. The number of anilines is 2. The lowest BCUT2D eigenvalue weighted by Crippen LogP contribution is -2.47. The van der Waals surface area contributed by atoms with Gasteiger partial charge in [-0.25, -0.2) is 4.68 Å². The quantitative estimate of drug-likeness (QED) is 0.856. The molecular weight excluding hydrogens is 330 g/mol. The van der Waals surface area contributed by atoms with Crippen LogP contribution in [0.3, 0.4) is 0 Å². The van der Waals surface area contributed by atoms with E-state index in [1.807, 2.05) is 0 Å². The van der Waals surface area contributed by atoms with Gasteiger partial charge in [0.2, 0.25) is 11.8 Å². The number of nitrogens with zero attached hydrogens (tertiary/aromatic N) is 4. The Hall–Kier alpha value is -2.77. The van der Waals surface area contributed by atoms with E-state index in [1.54, 1.807) is 38.2 Å². The summed E-state index contributed by atoms with van der Waals surface area (Å²) in [5.41, 5.74) is 2.39. The molecule has 132 valence electrons. The lowest BCUT2D eigenvalue weighted by molar-refractivity contribution is -0.122. The average molecular weight is 348 g/mol. The van der Waals surface area contributed by atoms with E-state index in [0.29, 0.717) is 27.3 Å². The van der Waals surface area contributed by atoms with Crippen molar-refractivity contribution < 1.29 is 18.4 Å². The minimum absolute atomic E-state index is 0.0760. The molecule has 1 aliphatic heterocycles. The number of rotatable bonds is 3. The summed E-state index contributed by atoms with van der Waals surface area (Å²) in [6.45, 7) is 0.275. The second-order valence-corrected chi connectivity index (χ2v) is 5.97. The number of amides is 2. The SMILES string of the molecule is Cc1nn(C(F)F)c(C)c1CC(=O)N1CC(=O)N(C)c2ccccc21. The highest BCUT2D eigenvalue weighted by Gasteiger charge is 2.31. The molecule has 0 atom stereocenters. The van der Waals surface area contributed by atoms with E-state index < -0.39 is 6.55 Å². The van der Waals surface area contributed by atoms with E-state index in [4.69, 9.17) is 0 Å². The molecule has 1 aromatic heterocycles. The molecule has 25 heavy (non-hydrogen) atoms. The molecule has 0 bridgehead atoms. The number of carbonyl (C=O) groups excluding carboxylic acids is 2. The van der Waals surface area contributed by atoms with Crippen LogP contribution in [0.5, 0.6) is 0 Å². The van der Waals surface area contributed by atoms with E-state index in [-0.39, 0.29) is 30.5 Å². The molecule has 0 radical (unpaired) electrons. The highest BCUT2D eigenvalue weighted by atomic mass is 19.3. The van der Waals surface area contributed by atoms with E-state index >= 15 is 0 Å². The van der Waals surface area contributed by atoms with Gasteiger partial charge in [-0.2, -0.15) is 13.9 Å². The average Bonchev–Trinajstić information content (AvgIpc) is 2.86. The number of para-hydroxylation sites is 2. The third-order valence-electron chi connectivity index (χ3n) is 4.49. The molecule has 0 N–H and O–H groups in total. The second-order valence-electron chi connectivity index (χ2n) is 5.97. The van der Waals surface area contributed by atoms with Crippen LogP contribution < -0.4 is 9.80 Å². The predicted octanol–water partition coefficient (Wildman–Crippen LogP) is 2.45. The zero-order valence-electron chi connectivity index (χ0n) is 14.2. The van der Waals surface area contributed by atoms with Crippen molar-refractivity contribution in [3.8, 4) is 0 Å². The summed E-state index contributed by atoms with van der Waals surface area (Å²) in [4.78, 5) is 27.9. The number of benzene rings is 1. The molecule has 0 spiro atoms. The van der Waals surface area contributed by atoms with Gasteiger partial charge in [0, 0.05) is 18.3 Å².